The molecule has 0 radical (unpaired) electrons. The Morgan fingerprint density at radius 2 is 2.00 bits per heavy atom. The van der Waals surface area contributed by atoms with Crippen molar-refractivity contribution in [2.45, 2.75) is 39.4 Å². The predicted octanol–water partition coefficient (Wildman–Crippen LogP) is 3.44. The zero-order valence-electron chi connectivity index (χ0n) is 16.1. The molecule has 0 bridgehead atoms. The van der Waals surface area contributed by atoms with Crippen LogP contribution in [0, 0.1) is 13.8 Å². The van der Waals surface area contributed by atoms with E-state index >= 15 is 0 Å². The second-order valence-electron chi connectivity index (χ2n) is 7.19. The molecular formula is C21H30N2O2S. The zero-order chi connectivity index (χ0) is 18.5. The number of aliphatic hydroxyl groups is 1. The summed E-state index contributed by atoms with van der Waals surface area (Å²) in [6.07, 6.45) is 0.828. The third kappa shape index (κ3) is 4.86. The predicted molar refractivity (Wildman–Crippen MR) is 108 cm³/mol. The maximum Gasteiger partial charge on any atom is 0.121 e. The molecule has 1 aromatic carbocycles. The van der Waals surface area contributed by atoms with Crippen molar-refractivity contribution in [2.75, 3.05) is 33.4 Å². The summed E-state index contributed by atoms with van der Waals surface area (Å²) in [6, 6.07) is 11.3. The monoisotopic (exact) mass is 374 g/mol. The number of methoxy groups -OCH3 is 1. The van der Waals surface area contributed by atoms with Gasteiger partial charge in [-0.3, -0.25) is 9.80 Å². The van der Waals surface area contributed by atoms with Crippen molar-refractivity contribution in [3.05, 3.63) is 51.2 Å². The van der Waals surface area contributed by atoms with Crippen LogP contribution in [0.3, 0.4) is 0 Å². The molecule has 1 N–H and O–H groups in total. The lowest BCUT2D eigenvalue weighted by Gasteiger charge is -2.41. The van der Waals surface area contributed by atoms with E-state index in [9.17, 15) is 5.11 Å². The van der Waals surface area contributed by atoms with Crippen LogP contribution in [0.25, 0.3) is 0 Å². The molecule has 0 spiro atoms. The maximum absolute atomic E-state index is 9.53. The third-order valence-corrected chi connectivity index (χ3v) is 6.16. The van der Waals surface area contributed by atoms with Gasteiger partial charge in [0.15, 0.2) is 0 Å². The SMILES string of the molecule is COc1ccc(CN2CCN(Cc3ccc(C)s3)CC2CCO)cc1C. The van der Waals surface area contributed by atoms with E-state index in [2.05, 4.69) is 54.0 Å². The molecule has 1 saturated heterocycles. The van der Waals surface area contributed by atoms with E-state index in [1.807, 2.05) is 11.3 Å². The van der Waals surface area contributed by atoms with Gasteiger partial charge in [-0.1, -0.05) is 12.1 Å². The molecule has 1 unspecified atom stereocenters. The highest BCUT2D eigenvalue weighted by Crippen LogP contribution is 2.23. The molecule has 1 atom stereocenters. The van der Waals surface area contributed by atoms with Crippen LogP contribution in [-0.2, 0) is 13.1 Å². The average molecular weight is 375 g/mol. The fourth-order valence-electron chi connectivity index (χ4n) is 3.80. The molecular weight excluding hydrogens is 344 g/mol. The van der Waals surface area contributed by atoms with Crippen molar-refractivity contribution in [2.24, 2.45) is 0 Å². The third-order valence-electron chi connectivity index (χ3n) is 5.17. The molecule has 1 aromatic heterocycles. The molecule has 0 aliphatic carbocycles. The van der Waals surface area contributed by atoms with Gasteiger partial charge in [0.1, 0.15) is 5.75 Å². The fourth-order valence-corrected chi connectivity index (χ4v) is 4.73. The minimum Gasteiger partial charge on any atom is -0.496 e. The first-order valence-electron chi connectivity index (χ1n) is 9.35. The molecule has 4 nitrogen and oxygen atoms in total. The highest BCUT2D eigenvalue weighted by atomic mass is 32.1. The lowest BCUT2D eigenvalue weighted by Crippen LogP contribution is -2.52. The van der Waals surface area contributed by atoms with E-state index in [1.54, 1.807) is 7.11 Å². The summed E-state index contributed by atoms with van der Waals surface area (Å²) >= 11 is 1.89. The number of ether oxygens (including phenoxy) is 1. The molecule has 1 aliphatic heterocycles. The minimum atomic E-state index is 0.245. The number of benzene rings is 1. The van der Waals surface area contributed by atoms with Gasteiger partial charge >= 0.3 is 0 Å². The molecule has 142 valence electrons. The summed E-state index contributed by atoms with van der Waals surface area (Å²) in [6.45, 7) is 9.60. The molecule has 3 rings (SSSR count). The lowest BCUT2D eigenvalue weighted by atomic mass is 10.1. The number of nitrogens with zero attached hydrogens (tertiary/aromatic N) is 2. The average Bonchev–Trinajstić information content (AvgIpc) is 3.02. The van der Waals surface area contributed by atoms with Crippen LogP contribution in [-0.4, -0.2) is 54.3 Å². The number of piperazine rings is 1. The van der Waals surface area contributed by atoms with Gasteiger partial charge in [0.2, 0.25) is 0 Å². The number of rotatable bonds is 7. The molecule has 0 saturated carbocycles. The van der Waals surface area contributed by atoms with Gasteiger partial charge in [-0.2, -0.15) is 0 Å². The van der Waals surface area contributed by atoms with E-state index in [1.165, 1.54) is 20.9 Å². The molecule has 0 amide bonds. The van der Waals surface area contributed by atoms with E-state index in [0.29, 0.717) is 6.04 Å². The van der Waals surface area contributed by atoms with Crippen LogP contribution in [0.15, 0.2) is 30.3 Å². The van der Waals surface area contributed by atoms with Crippen LogP contribution in [0.2, 0.25) is 0 Å². The quantitative estimate of drug-likeness (QED) is 0.805. The van der Waals surface area contributed by atoms with Crippen molar-refractivity contribution >= 4 is 11.3 Å². The van der Waals surface area contributed by atoms with Crippen LogP contribution in [0.1, 0.15) is 27.3 Å². The van der Waals surface area contributed by atoms with Gasteiger partial charge in [0.25, 0.3) is 0 Å². The first-order valence-corrected chi connectivity index (χ1v) is 10.2. The van der Waals surface area contributed by atoms with Crippen molar-refractivity contribution in [1.82, 2.24) is 9.80 Å². The Bertz CT molecular complexity index is 716. The highest BCUT2D eigenvalue weighted by molar-refractivity contribution is 7.11. The normalized spacial score (nSPS) is 19.0. The highest BCUT2D eigenvalue weighted by Gasteiger charge is 2.27. The number of aryl methyl sites for hydroxylation is 2. The van der Waals surface area contributed by atoms with Crippen LogP contribution >= 0.6 is 11.3 Å². The summed E-state index contributed by atoms with van der Waals surface area (Å²) < 4.78 is 5.37. The smallest absolute Gasteiger partial charge is 0.121 e. The Morgan fingerprint density at radius 1 is 1.15 bits per heavy atom. The molecule has 1 aliphatic rings. The Kier molecular flexibility index (Phi) is 6.70. The fraction of sp³-hybridized carbons (Fsp3) is 0.524. The summed E-state index contributed by atoms with van der Waals surface area (Å²) in [5.41, 5.74) is 2.49. The number of hydrogen-bond donors (Lipinski definition) is 1. The van der Waals surface area contributed by atoms with E-state index in [0.717, 1.165) is 44.9 Å². The van der Waals surface area contributed by atoms with Crippen molar-refractivity contribution < 1.29 is 9.84 Å². The van der Waals surface area contributed by atoms with Gasteiger partial charge in [-0.25, -0.2) is 0 Å². The van der Waals surface area contributed by atoms with Gasteiger partial charge in [-0.15, -0.1) is 11.3 Å². The van der Waals surface area contributed by atoms with Gasteiger partial charge < -0.3 is 9.84 Å². The Hall–Kier alpha value is -1.40. The Balaban J connectivity index is 1.63. The number of thiophene rings is 1. The number of aliphatic hydroxyl groups excluding tert-OH is 1. The summed E-state index contributed by atoms with van der Waals surface area (Å²) in [7, 11) is 1.72. The van der Waals surface area contributed by atoms with Crippen LogP contribution < -0.4 is 4.74 Å². The van der Waals surface area contributed by atoms with E-state index in [4.69, 9.17) is 4.74 Å². The van der Waals surface area contributed by atoms with Crippen molar-refractivity contribution in [1.29, 1.82) is 0 Å². The first kappa shape index (κ1) is 19.4. The molecule has 2 heterocycles. The lowest BCUT2D eigenvalue weighted by molar-refractivity contribution is 0.0504. The summed E-state index contributed by atoms with van der Waals surface area (Å²) in [5, 5.41) is 9.53. The molecule has 1 fully saturated rings. The minimum absolute atomic E-state index is 0.245. The second-order valence-corrected chi connectivity index (χ2v) is 8.56. The first-order chi connectivity index (χ1) is 12.6. The van der Waals surface area contributed by atoms with Crippen LogP contribution in [0.5, 0.6) is 5.75 Å². The summed E-state index contributed by atoms with van der Waals surface area (Å²) in [4.78, 5) is 7.86. The second kappa shape index (κ2) is 9.00. The summed E-state index contributed by atoms with van der Waals surface area (Å²) in [5.74, 6) is 0.941. The van der Waals surface area contributed by atoms with Gasteiger partial charge in [0.05, 0.1) is 7.11 Å². The maximum atomic E-state index is 9.53. The van der Waals surface area contributed by atoms with Gasteiger partial charge in [-0.05, 0) is 49.6 Å². The molecule has 5 heteroatoms. The van der Waals surface area contributed by atoms with E-state index < -0.39 is 0 Å². The van der Waals surface area contributed by atoms with E-state index in [-0.39, 0.29) is 6.61 Å². The van der Waals surface area contributed by atoms with Crippen molar-refractivity contribution in [3.63, 3.8) is 0 Å². The zero-order valence-corrected chi connectivity index (χ0v) is 16.9. The van der Waals surface area contributed by atoms with Crippen LogP contribution in [0.4, 0.5) is 0 Å². The largest absolute Gasteiger partial charge is 0.496 e. The molecule has 26 heavy (non-hydrogen) atoms. The molecule has 2 aromatic rings. The Labute approximate surface area is 161 Å². The standard InChI is InChI=1S/C21H30N2O2S/c1-16-12-18(5-7-21(16)25-3)13-23-10-9-22(14-19(23)8-11-24)15-20-6-4-17(2)26-20/h4-7,12,19,24H,8-11,13-15H2,1-3H3. The Morgan fingerprint density at radius 3 is 2.65 bits per heavy atom. The topological polar surface area (TPSA) is 35.9 Å². The van der Waals surface area contributed by atoms with Gasteiger partial charge in [0, 0.05) is 55.1 Å². The van der Waals surface area contributed by atoms with Crippen molar-refractivity contribution in [3.8, 4) is 5.75 Å². The number of hydrogen-bond acceptors (Lipinski definition) is 5.